The van der Waals surface area contributed by atoms with Gasteiger partial charge < -0.3 is 15.3 Å². The zero-order valence-electron chi connectivity index (χ0n) is 12.4. The number of amides is 2. The number of nitrogens with zero attached hydrogens (tertiary/aromatic N) is 1. The molecule has 1 fully saturated rings. The summed E-state index contributed by atoms with van der Waals surface area (Å²) >= 11 is 0. The van der Waals surface area contributed by atoms with Gasteiger partial charge in [-0.2, -0.15) is 0 Å². The standard InChI is InChI=1S/C14H26N2O3/c1-5-6-9-16(10-7-8-10)13(19)15-11(12(17)18)14(2,3)4/h10-11H,5-9H2,1-4H3,(H,15,19)(H,17,18)/t11-/m0/s1. The molecule has 1 saturated carbocycles. The summed E-state index contributed by atoms with van der Waals surface area (Å²) in [7, 11) is 0. The lowest BCUT2D eigenvalue weighted by Gasteiger charge is -2.31. The second-order valence-electron chi connectivity index (χ2n) is 6.36. The van der Waals surface area contributed by atoms with E-state index in [1.54, 1.807) is 4.90 Å². The first kappa shape index (κ1) is 15.8. The Balaban J connectivity index is 2.66. The van der Waals surface area contributed by atoms with E-state index in [9.17, 15) is 14.7 Å². The van der Waals surface area contributed by atoms with Crippen LogP contribution in [-0.2, 0) is 4.79 Å². The van der Waals surface area contributed by atoms with Crippen LogP contribution in [0.1, 0.15) is 53.4 Å². The van der Waals surface area contributed by atoms with Crippen LogP contribution in [0.5, 0.6) is 0 Å². The van der Waals surface area contributed by atoms with Crippen molar-refractivity contribution in [1.82, 2.24) is 10.2 Å². The van der Waals surface area contributed by atoms with Crippen LogP contribution >= 0.6 is 0 Å². The number of urea groups is 1. The number of nitrogens with one attached hydrogen (secondary N) is 1. The van der Waals surface area contributed by atoms with Gasteiger partial charge in [-0.25, -0.2) is 9.59 Å². The molecule has 0 saturated heterocycles. The van der Waals surface area contributed by atoms with Gasteiger partial charge in [0.05, 0.1) is 0 Å². The molecule has 1 aliphatic rings. The molecule has 0 aromatic heterocycles. The second-order valence-corrected chi connectivity index (χ2v) is 6.36. The van der Waals surface area contributed by atoms with Gasteiger partial charge in [-0.05, 0) is 24.7 Å². The smallest absolute Gasteiger partial charge is 0.326 e. The fraction of sp³-hybridized carbons (Fsp3) is 0.857. The van der Waals surface area contributed by atoms with E-state index in [4.69, 9.17) is 0 Å². The van der Waals surface area contributed by atoms with Crippen molar-refractivity contribution < 1.29 is 14.7 Å². The lowest BCUT2D eigenvalue weighted by molar-refractivity contribution is -0.142. The first-order chi connectivity index (χ1) is 8.77. The molecule has 0 radical (unpaired) electrons. The number of carboxylic acids is 1. The summed E-state index contributed by atoms with van der Waals surface area (Å²) in [5, 5.41) is 11.9. The first-order valence-corrected chi connectivity index (χ1v) is 7.07. The summed E-state index contributed by atoms with van der Waals surface area (Å²) < 4.78 is 0. The number of unbranched alkanes of at least 4 members (excludes halogenated alkanes) is 1. The van der Waals surface area contributed by atoms with Crippen molar-refractivity contribution in [3.05, 3.63) is 0 Å². The number of carboxylic acid groups (broad SMARTS) is 1. The quantitative estimate of drug-likeness (QED) is 0.779. The average molecular weight is 270 g/mol. The molecule has 0 unspecified atom stereocenters. The monoisotopic (exact) mass is 270 g/mol. The molecule has 1 aliphatic carbocycles. The topological polar surface area (TPSA) is 69.6 Å². The fourth-order valence-corrected chi connectivity index (χ4v) is 2.02. The van der Waals surface area contributed by atoms with Gasteiger partial charge >= 0.3 is 12.0 Å². The third kappa shape index (κ3) is 4.73. The first-order valence-electron chi connectivity index (χ1n) is 7.07. The molecule has 110 valence electrons. The van der Waals surface area contributed by atoms with Crippen LogP contribution in [0.3, 0.4) is 0 Å². The number of carbonyl (C=O) groups is 2. The SMILES string of the molecule is CCCCN(C(=O)N[C@@H](C(=O)O)C(C)(C)C)C1CC1. The van der Waals surface area contributed by atoms with E-state index < -0.39 is 17.4 Å². The zero-order chi connectivity index (χ0) is 14.6. The molecule has 0 spiro atoms. The maximum absolute atomic E-state index is 12.2. The van der Waals surface area contributed by atoms with Gasteiger partial charge in [-0.3, -0.25) is 0 Å². The fourth-order valence-electron chi connectivity index (χ4n) is 2.02. The largest absolute Gasteiger partial charge is 0.480 e. The van der Waals surface area contributed by atoms with Crippen LogP contribution in [-0.4, -0.2) is 40.6 Å². The molecule has 2 amide bonds. The van der Waals surface area contributed by atoms with Gasteiger partial charge in [-0.1, -0.05) is 34.1 Å². The molecular formula is C14H26N2O3. The molecule has 0 aromatic carbocycles. The minimum Gasteiger partial charge on any atom is -0.480 e. The van der Waals surface area contributed by atoms with Gasteiger partial charge in [0.1, 0.15) is 6.04 Å². The van der Waals surface area contributed by atoms with Gasteiger partial charge in [0.25, 0.3) is 0 Å². The van der Waals surface area contributed by atoms with Crippen molar-refractivity contribution in [2.75, 3.05) is 6.54 Å². The Morgan fingerprint density at radius 3 is 2.32 bits per heavy atom. The summed E-state index contributed by atoms with van der Waals surface area (Å²) in [4.78, 5) is 25.3. The molecule has 0 aromatic rings. The van der Waals surface area contributed by atoms with E-state index in [0.29, 0.717) is 12.6 Å². The number of hydrogen-bond donors (Lipinski definition) is 2. The Kier molecular flexibility index (Phi) is 5.20. The Labute approximate surface area is 115 Å². The van der Waals surface area contributed by atoms with Gasteiger partial charge in [0.2, 0.25) is 0 Å². The van der Waals surface area contributed by atoms with E-state index in [1.807, 2.05) is 20.8 Å². The Morgan fingerprint density at radius 1 is 1.37 bits per heavy atom. The highest BCUT2D eigenvalue weighted by molar-refractivity contribution is 5.83. The normalized spacial score (nSPS) is 16.8. The summed E-state index contributed by atoms with van der Waals surface area (Å²) in [6.07, 6.45) is 4.05. The highest BCUT2D eigenvalue weighted by Crippen LogP contribution is 2.28. The zero-order valence-corrected chi connectivity index (χ0v) is 12.4. The van der Waals surface area contributed by atoms with Crippen LogP contribution in [0, 0.1) is 5.41 Å². The summed E-state index contributed by atoms with van der Waals surface area (Å²) in [5.74, 6) is -0.980. The number of carbonyl (C=O) groups excluding carboxylic acids is 1. The van der Waals surface area contributed by atoms with Gasteiger partial charge in [0.15, 0.2) is 0 Å². The maximum Gasteiger partial charge on any atom is 0.326 e. The number of hydrogen-bond acceptors (Lipinski definition) is 2. The highest BCUT2D eigenvalue weighted by atomic mass is 16.4. The number of aliphatic carboxylic acids is 1. The van der Waals surface area contributed by atoms with Crippen LogP contribution in [0.2, 0.25) is 0 Å². The summed E-state index contributed by atoms with van der Waals surface area (Å²) in [5.41, 5.74) is -0.499. The molecule has 0 heterocycles. The van der Waals surface area contributed by atoms with Gasteiger partial charge in [-0.15, -0.1) is 0 Å². The van der Waals surface area contributed by atoms with Crippen molar-refractivity contribution in [3.8, 4) is 0 Å². The van der Waals surface area contributed by atoms with E-state index in [2.05, 4.69) is 12.2 Å². The molecule has 2 N–H and O–H groups in total. The van der Waals surface area contributed by atoms with E-state index >= 15 is 0 Å². The molecule has 1 rings (SSSR count). The minimum atomic E-state index is -0.980. The molecule has 1 atom stereocenters. The molecule has 5 heteroatoms. The number of rotatable bonds is 6. The third-order valence-corrected chi connectivity index (χ3v) is 3.38. The van der Waals surface area contributed by atoms with Crippen LogP contribution < -0.4 is 5.32 Å². The third-order valence-electron chi connectivity index (χ3n) is 3.38. The lowest BCUT2D eigenvalue weighted by atomic mass is 9.87. The Bertz CT molecular complexity index is 332. The van der Waals surface area contributed by atoms with E-state index in [0.717, 1.165) is 25.7 Å². The van der Waals surface area contributed by atoms with Gasteiger partial charge in [0, 0.05) is 12.6 Å². The summed E-state index contributed by atoms with van der Waals surface area (Å²) in [6.45, 7) is 8.25. The molecule has 0 aliphatic heterocycles. The second kappa shape index (κ2) is 6.26. The minimum absolute atomic E-state index is 0.238. The predicted molar refractivity (Wildman–Crippen MR) is 74.0 cm³/mol. The van der Waals surface area contributed by atoms with Crippen molar-refractivity contribution in [2.24, 2.45) is 5.41 Å². The Hall–Kier alpha value is -1.26. The summed E-state index contributed by atoms with van der Waals surface area (Å²) in [6, 6.07) is -0.790. The molecule has 19 heavy (non-hydrogen) atoms. The molecular weight excluding hydrogens is 244 g/mol. The van der Waals surface area contributed by atoms with Crippen molar-refractivity contribution in [3.63, 3.8) is 0 Å². The van der Waals surface area contributed by atoms with Crippen molar-refractivity contribution in [1.29, 1.82) is 0 Å². The van der Waals surface area contributed by atoms with Crippen molar-refractivity contribution in [2.45, 2.75) is 65.5 Å². The van der Waals surface area contributed by atoms with E-state index in [1.165, 1.54) is 0 Å². The van der Waals surface area contributed by atoms with Crippen LogP contribution in [0.4, 0.5) is 4.79 Å². The van der Waals surface area contributed by atoms with E-state index in [-0.39, 0.29) is 6.03 Å². The van der Waals surface area contributed by atoms with Crippen molar-refractivity contribution >= 4 is 12.0 Å². The molecule has 5 nitrogen and oxygen atoms in total. The predicted octanol–water partition coefficient (Wildman–Crippen LogP) is 2.46. The maximum atomic E-state index is 12.2. The average Bonchev–Trinajstić information content (AvgIpc) is 3.08. The van der Waals surface area contributed by atoms with Crippen LogP contribution in [0.15, 0.2) is 0 Å². The van der Waals surface area contributed by atoms with Crippen LogP contribution in [0.25, 0.3) is 0 Å². The molecule has 0 bridgehead atoms. The lowest BCUT2D eigenvalue weighted by Crippen LogP contribution is -2.54. The highest BCUT2D eigenvalue weighted by Gasteiger charge is 2.37. The Morgan fingerprint density at radius 2 is 1.95 bits per heavy atom.